The molecule has 0 atom stereocenters. The van der Waals surface area contributed by atoms with Crippen LogP contribution in [0.2, 0.25) is 0 Å². The van der Waals surface area contributed by atoms with Crippen LogP contribution in [0.15, 0.2) is 36.4 Å². The van der Waals surface area contributed by atoms with Gasteiger partial charge >= 0.3 is 0 Å². The Labute approximate surface area is 183 Å². The SMILES string of the molecule is COc1cc(C)c(C[NH+]2CC[NH+](CCN3C(=O)c4ccccc4C3=O)CC2)cc1OC. The van der Waals surface area contributed by atoms with Crippen LogP contribution < -0.4 is 19.3 Å². The molecule has 4 rings (SSSR count). The number of hydrogen-bond donors (Lipinski definition) is 2. The third-order valence-corrected chi connectivity index (χ3v) is 6.51. The highest BCUT2D eigenvalue weighted by atomic mass is 16.5. The van der Waals surface area contributed by atoms with E-state index in [-0.39, 0.29) is 11.8 Å². The highest BCUT2D eigenvalue weighted by Crippen LogP contribution is 2.30. The van der Waals surface area contributed by atoms with Gasteiger partial charge in [-0.15, -0.1) is 0 Å². The molecule has 2 aliphatic heterocycles. The predicted octanol–water partition coefficient (Wildman–Crippen LogP) is -0.408. The van der Waals surface area contributed by atoms with E-state index in [9.17, 15) is 9.59 Å². The van der Waals surface area contributed by atoms with E-state index in [0.717, 1.165) is 50.8 Å². The lowest BCUT2D eigenvalue weighted by Gasteiger charge is -2.30. The number of imide groups is 1. The molecule has 0 unspecified atom stereocenters. The van der Waals surface area contributed by atoms with Gasteiger partial charge in [-0.2, -0.15) is 0 Å². The minimum absolute atomic E-state index is 0.159. The number of nitrogens with zero attached hydrogens (tertiary/aromatic N) is 1. The molecule has 0 radical (unpaired) electrons. The van der Waals surface area contributed by atoms with Gasteiger partial charge in [0, 0.05) is 5.56 Å². The second-order valence-corrected chi connectivity index (χ2v) is 8.37. The third kappa shape index (κ3) is 4.29. The molecule has 0 aromatic heterocycles. The van der Waals surface area contributed by atoms with E-state index >= 15 is 0 Å². The number of methoxy groups -OCH3 is 2. The summed E-state index contributed by atoms with van der Waals surface area (Å²) in [4.78, 5) is 29.5. The van der Waals surface area contributed by atoms with Crippen molar-refractivity contribution in [3.05, 3.63) is 58.7 Å². The monoisotopic (exact) mass is 425 g/mol. The van der Waals surface area contributed by atoms with Crippen LogP contribution in [-0.4, -0.2) is 70.2 Å². The van der Waals surface area contributed by atoms with Crippen molar-refractivity contribution in [2.24, 2.45) is 0 Å². The second kappa shape index (κ2) is 9.08. The van der Waals surface area contributed by atoms with Gasteiger partial charge in [0.1, 0.15) is 32.7 Å². The third-order valence-electron chi connectivity index (χ3n) is 6.51. The number of carbonyl (C=O) groups is 2. The van der Waals surface area contributed by atoms with Crippen LogP contribution >= 0.6 is 0 Å². The Bertz CT molecular complexity index is 948. The van der Waals surface area contributed by atoms with E-state index in [1.54, 1.807) is 43.4 Å². The normalized spacial score (nSPS) is 20.7. The van der Waals surface area contributed by atoms with E-state index in [1.165, 1.54) is 20.9 Å². The summed E-state index contributed by atoms with van der Waals surface area (Å²) >= 11 is 0. The number of carbonyl (C=O) groups excluding carboxylic acids is 2. The van der Waals surface area contributed by atoms with Crippen molar-refractivity contribution in [3.8, 4) is 11.5 Å². The molecule has 1 saturated heterocycles. The molecule has 0 aliphatic carbocycles. The minimum atomic E-state index is -0.159. The Hall–Kier alpha value is -2.90. The highest BCUT2D eigenvalue weighted by molar-refractivity contribution is 6.21. The lowest BCUT2D eigenvalue weighted by molar-refractivity contribution is -1.02. The Kier molecular flexibility index (Phi) is 6.25. The topological polar surface area (TPSA) is 64.7 Å². The van der Waals surface area contributed by atoms with Crippen LogP contribution in [-0.2, 0) is 6.54 Å². The molecule has 2 aliphatic rings. The number of quaternary nitrogens is 2. The van der Waals surface area contributed by atoms with Crippen molar-refractivity contribution < 1.29 is 28.9 Å². The lowest BCUT2D eigenvalue weighted by Crippen LogP contribution is -3.27. The van der Waals surface area contributed by atoms with E-state index in [1.807, 2.05) is 6.07 Å². The van der Waals surface area contributed by atoms with Gasteiger partial charge in [0.2, 0.25) is 0 Å². The summed E-state index contributed by atoms with van der Waals surface area (Å²) in [5.74, 6) is 1.22. The fourth-order valence-corrected chi connectivity index (χ4v) is 4.58. The molecule has 7 nitrogen and oxygen atoms in total. The van der Waals surface area contributed by atoms with Gasteiger partial charge in [-0.1, -0.05) is 12.1 Å². The molecule has 164 valence electrons. The average Bonchev–Trinajstić information content (AvgIpc) is 3.04. The van der Waals surface area contributed by atoms with Gasteiger partial charge in [-0.3, -0.25) is 14.5 Å². The number of ether oxygens (including phenoxy) is 2. The Morgan fingerprint density at radius 1 is 0.871 bits per heavy atom. The molecule has 2 N–H and O–H groups in total. The van der Waals surface area contributed by atoms with Gasteiger partial charge in [-0.25, -0.2) is 0 Å². The number of aryl methyl sites for hydroxylation is 1. The maximum atomic E-state index is 12.5. The van der Waals surface area contributed by atoms with Gasteiger partial charge in [0.15, 0.2) is 11.5 Å². The maximum absolute atomic E-state index is 12.5. The smallest absolute Gasteiger partial charge is 0.261 e. The summed E-state index contributed by atoms with van der Waals surface area (Å²) in [5.41, 5.74) is 3.55. The molecule has 2 amide bonds. The lowest BCUT2D eigenvalue weighted by atomic mass is 10.1. The summed E-state index contributed by atoms with van der Waals surface area (Å²) in [6.45, 7) is 8.53. The first-order chi connectivity index (χ1) is 15.0. The van der Waals surface area contributed by atoms with Crippen LogP contribution in [0.5, 0.6) is 11.5 Å². The van der Waals surface area contributed by atoms with Crippen LogP contribution in [0.3, 0.4) is 0 Å². The summed E-state index contributed by atoms with van der Waals surface area (Å²) in [5, 5.41) is 0. The van der Waals surface area contributed by atoms with Crippen molar-refractivity contribution >= 4 is 11.8 Å². The summed E-state index contributed by atoms with van der Waals surface area (Å²) in [6, 6.07) is 11.2. The van der Waals surface area contributed by atoms with Crippen LogP contribution in [0.1, 0.15) is 31.8 Å². The van der Waals surface area contributed by atoms with Crippen molar-refractivity contribution in [2.45, 2.75) is 13.5 Å². The largest absolute Gasteiger partial charge is 0.493 e. The summed E-state index contributed by atoms with van der Waals surface area (Å²) < 4.78 is 10.9. The van der Waals surface area contributed by atoms with Crippen LogP contribution in [0, 0.1) is 6.92 Å². The number of rotatable bonds is 7. The molecule has 1 fully saturated rings. The number of benzene rings is 2. The first-order valence-electron chi connectivity index (χ1n) is 10.9. The number of piperazine rings is 1. The Balaban J connectivity index is 1.29. The van der Waals surface area contributed by atoms with E-state index in [4.69, 9.17) is 9.47 Å². The molecule has 7 heteroatoms. The van der Waals surface area contributed by atoms with Gasteiger partial charge in [0.05, 0.1) is 38.4 Å². The van der Waals surface area contributed by atoms with E-state index in [2.05, 4.69) is 13.0 Å². The number of hydrogen-bond acceptors (Lipinski definition) is 4. The fourth-order valence-electron chi connectivity index (χ4n) is 4.58. The van der Waals surface area contributed by atoms with Crippen LogP contribution in [0.25, 0.3) is 0 Å². The molecule has 0 bridgehead atoms. The number of amides is 2. The quantitative estimate of drug-likeness (QED) is 0.593. The molecule has 0 spiro atoms. The van der Waals surface area contributed by atoms with Crippen molar-refractivity contribution in [3.63, 3.8) is 0 Å². The maximum Gasteiger partial charge on any atom is 0.261 e. The van der Waals surface area contributed by atoms with Crippen molar-refractivity contribution in [1.82, 2.24) is 4.90 Å². The molecular formula is C24H31N3O4+2. The van der Waals surface area contributed by atoms with Crippen molar-refractivity contribution in [2.75, 3.05) is 53.5 Å². The van der Waals surface area contributed by atoms with Gasteiger partial charge in [-0.05, 0) is 36.8 Å². The molecule has 0 saturated carbocycles. The number of nitrogens with one attached hydrogen (secondary N) is 2. The standard InChI is InChI=1S/C24H29N3O4/c1-17-14-21(30-2)22(31-3)15-18(17)16-26-10-8-25(9-11-26)12-13-27-23(28)19-6-4-5-7-20(19)24(27)29/h4-7,14-15H,8-13,16H2,1-3H3/p+2. The molecule has 2 aromatic rings. The van der Waals surface area contributed by atoms with E-state index < -0.39 is 0 Å². The fraction of sp³-hybridized carbons (Fsp3) is 0.417. The number of fused-ring (bicyclic) bond motifs is 1. The van der Waals surface area contributed by atoms with Gasteiger partial charge < -0.3 is 19.3 Å². The van der Waals surface area contributed by atoms with Crippen LogP contribution in [0.4, 0.5) is 0 Å². The first-order valence-corrected chi connectivity index (χ1v) is 10.9. The Morgan fingerprint density at radius 3 is 2.00 bits per heavy atom. The molecular weight excluding hydrogens is 394 g/mol. The zero-order valence-electron chi connectivity index (χ0n) is 18.5. The van der Waals surface area contributed by atoms with E-state index in [0.29, 0.717) is 17.7 Å². The molecule has 2 heterocycles. The zero-order valence-corrected chi connectivity index (χ0v) is 18.5. The summed E-state index contributed by atoms with van der Waals surface area (Å²) in [6.07, 6.45) is 0. The summed E-state index contributed by atoms with van der Waals surface area (Å²) in [7, 11) is 3.33. The Morgan fingerprint density at radius 2 is 1.42 bits per heavy atom. The molecule has 31 heavy (non-hydrogen) atoms. The zero-order chi connectivity index (χ0) is 22.0. The average molecular weight is 426 g/mol. The predicted molar refractivity (Wildman–Crippen MR) is 116 cm³/mol. The second-order valence-electron chi connectivity index (χ2n) is 8.37. The molecule has 2 aromatic carbocycles. The minimum Gasteiger partial charge on any atom is -0.493 e. The highest BCUT2D eigenvalue weighted by Gasteiger charge is 2.36. The van der Waals surface area contributed by atoms with Gasteiger partial charge in [0.25, 0.3) is 11.8 Å². The first kappa shape index (κ1) is 21.3. The van der Waals surface area contributed by atoms with Crippen molar-refractivity contribution in [1.29, 1.82) is 0 Å².